The SMILES string of the molecule is CC/C=C\CC(CN1CCCC1)(c1ccccc1)C1CCN(CC2CN(c3ccc(S(=O)(=O)c4ccccc4)cc3)C2)CC1. The molecule has 0 amide bonds. The summed E-state index contributed by atoms with van der Waals surface area (Å²) in [7, 11) is -3.48. The normalized spacial score (nSPS) is 20.6. The van der Waals surface area contributed by atoms with Crippen LogP contribution in [0.1, 0.15) is 51.0 Å². The predicted octanol–water partition coefficient (Wildman–Crippen LogP) is 7.06. The fraction of sp³-hybridized carbons (Fsp3) is 0.474. The molecule has 6 rings (SSSR count). The topological polar surface area (TPSA) is 43.9 Å². The Hall–Kier alpha value is -2.93. The lowest BCUT2D eigenvalue weighted by Gasteiger charge is -2.48. The molecule has 0 saturated carbocycles. The van der Waals surface area contributed by atoms with E-state index in [4.69, 9.17) is 0 Å². The zero-order valence-corrected chi connectivity index (χ0v) is 27.2. The van der Waals surface area contributed by atoms with Crippen molar-refractivity contribution in [2.45, 2.75) is 60.7 Å². The van der Waals surface area contributed by atoms with Gasteiger partial charge in [-0.2, -0.15) is 0 Å². The van der Waals surface area contributed by atoms with Gasteiger partial charge in [-0.15, -0.1) is 0 Å². The van der Waals surface area contributed by atoms with Crippen LogP contribution >= 0.6 is 0 Å². The second-order valence-electron chi connectivity index (χ2n) is 13.2. The van der Waals surface area contributed by atoms with E-state index in [2.05, 4.69) is 64.1 Å². The van der Waals surface area contributed by atoms with Crippen LogP contribution in [0.5, 0.6) is 0 Å². The highest BCUT2D eigenvalue weighted by Gasteiger charge is 2.43. The number of anilines is 1. The Morgan fingerprint density at radius 1 is 0.750 bits per heavy atom. The highest BCUT2D eigenvalue weighted by molar-refractivity contribution is 7.91. The molecule has 0 N–H and O–H groups in total. The van der Waals surface area contributed by atoms with Crippen LogP contribution in [0.3, 0.4) is 0 Å². The average molecular weight is 612 g/mol. The van der Waals surface area contributed by atoms with Crippen molar-refractivity contribution >= 4 is 15.5 Å². The van der Waals surface area contributed by atoms with Gasteiger partial charge in [0.15, 0.2) is 0 Å². The number of piperidine rings is 1. The van der Waals surface area contributed by atoms with Crippen molar-refractivity contribution in [3.05, 3.63) is 103 Å². The third-order valence-corrected chi connectivity index (χ3v) is 12.1. The van der Waals surface area contributed by atoms with Crippen LogP contribution < -0.4 is 4.90 Å². The van der Waals surface area contributed by atoms with Gasteiger partial charge in [-0.05, 0) is 113 Å². The maximum absolute atomic E-state index is 13.0. The van der Waals surface area contributed by atoms with Gasteiger partial charge in [0.05, 0.1) is 9.79 Å². The van der Waals surface area contributed by atoms with E-state index in [1.165, 1.54) is 64.0 Å². The quantitative estimate of drug-likeness (QED) is 0.205. The summed E-state index contributed by atoms with van der Waals surface area (Å²) in [6, 6.07) is 27.6. The molecule has 0 aromatic heterocycles. The van der Waals surface area contributed by atoms with Gasteiger partial charge in [0, 0.05) is 43.2 Å². The Bertz CT molecular complexity index is 1460. The van der Waals surface area contributed by atoms with Gasteiger partial charge in [-0.25, -0.2) is 8.42 Å². The first-order valence-corrected chi connectivity index (χ1v) is 18.3. The van der Waals surface area contributed by atoms with Gasteiger partial charge >= 0.3 is 0 Å². The minimum atomic E-state index is -3.48. The fourth-order valence-electron chi connectivity index (χ4n) is 7.88. The number of benzene rings is 3. The van der Waals surface area contributed by atoms with Crippen LogP contribution in [-0.4, -0.2) is 70.6 Å². The maximum atomic E-state index is 13.0. The van der Waals surface area contributed by atoms with Crippen LogP contribution in [-0.2, 0) is 15.3 Å². The monoisotopic (exact) mass is 611 g/mol. The highest BCUT2D eigenvalue weighted by atomic mass is 32.2. The summed E-state index contributed by atoms with van der Waals surface area (Å²) >= 11 is 0. The van der Waals surface area contributed by atoms with Crippen molar-refractivity contribution < 1.29 is 8.42 Å². The van der Waals surface area contributed by atoms with E-state index in [1.54, 1.807) is 36.4 Å². The summed E-state index contributed by atoms with van der Waals surface area (Å²) < 4.78 is 25.9. The predicted molar refractivity (Wildman–Crippen MR) is 181 cm³/mol. The second kappa shape index (κ2) is 14.0. The molecule has 3 fully saturated rings. The van der Waals surface area contributed by atoms with E-state index >= 15 is 0 Å². The van der Waals surface area contributed by atoms with Gasteiger partial charge in [-0.1, -0.05) is 67.6 Å². The molecule has 3 aliphatic heterocycles. The minimum Gasteiger partial charge on any atom is -0.371 e. The van der Waals surface area contributed by atoms with Gasteiger partial charge in [0.2, 0.25) is 9.84 Å². The highest BCUT2D eigenvalue weighted by Crippen LogP contribution is 2.43. The molecule has 0 bridgehead atoms. The van der Waals surface area contributed by atoms with E-state index < -0.39 is 9.84 Å². The zero-order chi connectivity index (χ0) is 30.4. The summed E-state index contributed by atoms with van der Waals surface area (Å²) in [4.78, 5) is 8.53. The molecule has 234 valence electrons. The van der Waals surface area contributed by atoms with Crippen LogP contribution in [0, 0.1) is 11.8 Å². The zero-order valence-electron chi connectivity index (χ0n) is 26.4. The maximum Gasteiger partial charge on any atom is 0.206 e. The lowest BCUT2D eigenvalue weighted by molar-refractivity contribution is 0.0879. The molecule has 3 heterocycles. The lowest BCUT2D eigenvalue weighted by Crippen LogP contribution is -2.54. The number of rotatable bonds is 12. The number of allylic oxidation sites excluding steroid dienone is 2. The first kappa shape index (κ1) is 31.1. The second-order valence-corrected chi connectivity index (χ2v) is 15.2. The molecule has 44 heavy (non-hydrogen) atoms. The van der Waals surface area contributed by atoms with Crippen molar-refractivity contribution in [2.75, 3.05) is 57.3 Å². The Balaban J connectivity index is 1.05. The van der Waals surface area contributed by atoms with E-state index in [0.717, 1.165) is 38.2 Å². The molecule has 6 heteroatoms. The number of sulfone groups is 1. The standard InChI is InChI=1S/C38H49N3O2S/c1-2-3-10-23-38(31-40-24-11-12-25-40,33-13-6-4-7-14-33)34-21-26-39(27-22-34)28-32-29-41(30-32)35-17-19-37(20-18-35)44(42,43)36-15-8-5-9-16-36/h3-10,13-20,32,34H,2,11-12,21-31H2,1H3/b10-3-. The smallest absolute Gasteiger partial charge is 0.206 e. The molecule has 0 spiro atoms. The molecular formula is C38H49N3O2S. The molecule has 3 aromatic carbocycles. The molecule has 1 unspecified atom stereocenters. The molecule has 3 aromatic rings. The number of likely N-dealkylation sites (tertiary alicyclic amines) is 2. The number of nitrogens with zero attached hydrogens (tertiary/aromatic N) is 3. The van der Waals surface area contributed by atoms with Crippen molar-refractivity contribution in [2.24, 2.45) is 11.8 Å². The van der Waals surface area contributed by atoms with Crippen LogP contribution in [0.15, 0.2) is 107 Å². The van der Waals surface area contributed by atoms with Crippen LogP contribution in [0.2, 0.25) is 0 Å². The average Bonchev–Trinajstić information content (AvgIpc) is 3.56. The molecular weight excluding hydrogens is 563 g/mol. The van der Waals surface area contributed by atoms with E-state index in [1.807, 2.05) is 18.2 Å². The summed E-state index contributed by atoms with van der Waals surface area (Å²) in [5, 5.41) is 0. The molecule has 0 radical (unpaired) electrons. The van der Waals surface area contributed by atoms with E-state index in [0.29, 0.717) is 21.6 Å². The summed E-state index contributed by atoms with van der Waals surface area (Å²) in [5.74, 6) is 1.35. The minimum absolute atomic E-state index is 0.177. The number of hydrogen-bond donors (Lipinski definition) is 0. The molecule has 1 atom stereocenters. The van der Waals surface area contributed by atoms with Crippen molar-refractivity contribution in [3.63, 3.8) is 0 Å². The fourth-order valence-corrected chi connectivity index (χ4v) is 9.16. The van der Waals surface area contributed by atoms with Gasteiger partial charge in [0.1, 0.15) is 0 Å². The molecule has 3 saturated heterocycles. The molecule has 0 aliphatic carbocycles. The lowest BCUT2D eigenvalue weighted by atomic mass is 9.64. The summed E-state index contributed by atoms with van der Waals surface area (Å²) in [6.45, 7) is 11.5. The van der Waals surface area contributed by atoms with Crippen LogP contribution in [0.4, 0.5) is 5.69 Å². The van der Waals surface area contributed by atoms with Crippen molar-refractivity contribution in [3.8, 4) is 0 Å². The third-order valence-electron chi connectivity index (χ3n) is 10.3. The van der Waals surface area contributed by atoms with E-state index in [-0.39, 0.29) is 5.41 Å². The Kier molecular flexibility index (Phi) is 9.89. The first-order valence-electron chi connectivity index (χ1n) is 16.8. The Labute approximate surface area is 265 Å². The van der Waals surface area contributed by atoms with Crippen molar-refractivity contribution in [1.29, 1.82) is 0 Å². The van der Waals surface area contributed by atoms with Gasteiger partial charge in [-0.3, -0.25) is 0 Å². The molecule has 5 nitrogen and oxygen atoms in total. The Morgan fingerprint density at radius 3 is 2.00 bits per heavy atom. The largest absolute Gasteiger partial charge is 0.371 e. The van der Waals surface area contributed by atoms with Gasteiger partial charge in [0.25, 0.3) is 0 Å². The van der Waals surface area contributed by atoms with Crippen LogP contribution in [0.25, 0.3) is 0 Å². The van der Waals surface area contributed by atoms with Crippen molar-refractivity contribution in [1.82, 2.24) is 9.80 Å². The third kappa shape index (κ3) is 6.83. The first-order chi connectivity index (χ1) is 21.5. The molecule has 3 aliphatic rings. The van der Waals surface area contributed by atoms with Gasteiger partial charge < -0.3 is 14.7 Å². The summed E-state index contributed by atoms with van der Waals surface area (Å²) in [5.41, 5.74) is 2.82. The number of hydrogen-bond acceptors (Lipinski definition) is 5. The summed E-state index contributed by atoms with van der Waals surface area (Å²) in [6.07, 6.45) is 12.3. The van der Waals surface area contributed by atoms with E-state index in [9.17, 15) is 8.42 Å². The Morgan fingerprint density at radius 2 is 1.36 bits per heavy atom.